The van der Waals surface area contributed by atoms with E-state index in [0.29, 0.717) is 11.1 Å². The number of benzene rings is 1. The van der Waals surface area contributed by atoms with E-state index in [1.165, 1.54) is 0 Å². The molecule has 2 rings (SSSR count). The Morgan fingerprint density at radius 1 is 0.867 bits per heavy atom. The van der Waals surface area contributed by atoms with Crippen LogP contribution in [0.3, 0.4) is 0 Å². The molecule has 1 heterocycles. The van der Waals surface area contributed by atoms with Crippen molar-refractivity contribution < 1.29 is 9.59 Å². The van der Waals surface area contributed by atoms with Crippen LogP contribution in [-0.2, 0) is 0 Å². The molecule has 0 aromatic heterocycles. The minimum absolute atomic E-state index is 0.230. The van der Waals surface area contributed by atoms with E-state index in [1.54, 1.807) is 0 Å². The molecule has 0 saturated carbocycles. The van der Waals surface area contributed by atoms with Crippen molar-refractivity contribution in [1.82, 2.24) is 5.32 Å². The number of carbonyl (C=O) groups is 2. The zero-order valence-corrected chi connectivity index (χ0v) is 11.3. The Labute approximate surface area is 91.3 Å². The fraction of sp³-hybridized carbons (Fsp3) is 0.273. The zero-order chi connectivity index (χ0) is 11.3. The maximum atomic E-state index is 11.6. The molecule has 1 N–H and O–H groups in total. The fourth-order valence-electron chi connectivity index (χ4n) is 2.11. The van der Waals surface area contributed by atoms with Crippen molar-refractivity contribution in [2.75, 3.05) is 0 Å². The van der Waals surface area contributed by atoms with Crippen LogP contribution in [0.2, 0.25) is 0 Å². The van der Waals surface area contributed by atoms with Gasteiger partial charge >= 0.3 is 0 Å². The molecular weight excluding hydrogens is 206 g/mol. The van der Waals surface area contributed by atoms with Gasteiger partial charge in [-0.25, -0.2) is 0 Å². The summed E-state index contributed by atoms with van der Waals surface area (Å²) in [6, 6.07) is 0. The predicted octanol–water partition coefficient (Wildman–Crippen LogP) is -0.514. The van der Waals surface area contributed by atoms with Crippen LogP contribution in [0.25, 0.3) is 0 Å². The third-order valence-corrected chi connectivity index (χ3v) is 4.62. The molecule has 1 aliphatic rings. The molecule has 0 spiro atoms. The molecule has 1 aliphatic heterocycles. The summed E-state index contributed by atoms with van der Waals surface area (Å²) in [5.74, 6) is -0.473. The first-order valence-corrected chi connectivity index (χ1v) is 5.91. The van der Waals surface area contributed by atoms with Gasteiger partial charge in [0.15, 0.2) is 0 Å². The van der Waals surface area contributed by atoms with Gasteiger partial charge < -0.3 is 0 Å². The smallest absolute Gasteiger partial charge is 0.259 e. The maximum Gasteiger partial charge on any atom is 0.259 e. The van der Waals surface area contributed by atoms with Gasteiger partial charge in [0.25, 0.3) is 11.8 Å². The zero-order valence-electron chi connectivity index (χ0n) is 9.32. The third-order valence-electron chi connectivity index (χ3n) is 3.37. The third kappa shape index (κ3) is 1.18. The summed E-state index contributed by atoms with van der Waals surface area (Å²) in [5, 5.41) is 3.41. The SMILES string of the molecule is Cc1c(C)c([SiH3])c2c(c1C)C(=O)NC2=O. The van der Waals surface area contributed by atoms with Crippen molar-refractivity contribution in [3.8, 4) is 0 Å². The van der Waals surface area contributed by atoms with Crippen LogP contribution in [0.1, 0.15) is 37.4 Å². The number of carbonyl (C=O) groups excluding carboxylic acids is 2. The Morgan fingerprint density at radius 2 is 1.40 bits per heavy atom. The number of amides is 2. The molecule has 15 heavy (non-hydrogen) atoms. The standard InChI is InChI=1S/C11H13NO2Si/c1-4-5(2)7-8(9(15)6(4)3)11(14)12-10(7)13/h1-3,15H3,(H,12,13,14). The monoisotopic (exact) mass is 219 g/mol. The lowest BCUT2D eigenvalue weighted by molar-refractivity contribution is 0.0880. The summed E-state index contributed by atoms with van der Waals surface area (Å²) in [7, 11) is 0.789. The van der Waals surface area contributed by atoms with Gasteiger partial charge in [0.2, 0.25) is 0 Å². The van der Waals surface area contributed by atoms with Crippen LogP contribution in [-0.4, -0.2) is 22.1 Å². The quantitative estimate of drug-likeness (QED) is 0.472. The lowest BCUT2D eigenvalue weighted by atomic mass is 9.94. The van der Waals surface area contributed by atoms with Crippen LogP contribution in [0, 0.1) is 20.8 Å². The molecule has 0 bridgehead atoms. The van der Waals surface area contributed by atoms with E-state index in [-0.39, 0.29) is 11.8 Å². The molecular formula is C11H13NO2Si. The normalized spacial score (nSPS) is 14.3. The van der Waals surface area contributed by atoms with Crippen LogP contribution >= 0.6 is 0 Å². The molecule has 1 aromatic rings. The van der Waals surface area contributed by atoms with E-state index >= 15 is 0 Å². The highest BCUT2D eigenvalue weighted by Gasteiger charge is 2.31. The van der Waals surface area contributed by atoms with Crippen LogP contribution in [0.5, 0.6) is 0 Å². The molecule has 4 heteroatoms. The minimum atomic E-state index is -0.243. The van der Waals surface area contributed by atoms with Gasteiger partial charge in [0.1, 0.15) is 0 Å². The van der Waals surface area contributed by atoms with Crippen LogP contribution < -0.4 is 10.5 Å². The Balaban J connectivity index is 2.92. The second-order valence-corrected chi connectivity index (χ2v) is 5.03. The lowest BCUT2D eigenvalue weighted by Crippen LogP contribution is -2.24. The summed E-state index contributed by atoms with van der Waals surface area (Å²) >= 11 is 0. The van der Waals surface area contributed by atoms with Crippen molar-refractivity contribution >= 4 is 27.2 Å². The summed E-state index contributed by atoms with van der Waals surface area (Å²) in [6.45, 7) is 5.92. The molecule has 0 fully saturated rings. The first-order valence-electron chi connectivity index (χ1n) is 4.91. The van der Waals surface area contributed by atoms with Crippen molar-refractivity contribution in [1.29, 1.82) is 0 Å². The highest BCUT2D eigenvalue weighted by Crippen LogP contribution is 2.23. The van der Waals surface area contributed by atoms with E-state index in [1.807, 2.05) is 20.8 Å². The van der Waals surface area contributed by atoms with E-state index in [2.05, 4.69) is 5.32 Å². The van der Waals surface area contributed by atoms with E-state index in [4.69, 9.17) is 0 Å². The first kappa shape index (κ1) is 10.1. The van der Waals surface area contributed by atoms with Crippen molar-refractivity contribution in [2.24, 2.45) is 0 Å². The van der Waals surface area contributed by atoms with Gasteiger partial charge in [0.05, 0.1) is 11.1 Å². The second kappa shape index (κ2) is 3.03. The van der Waals surface area contributed by atoms with Crippen molar-refractivity contribution in [2.45, 2.75) is 20.8 Å². The summed E-state index contributed by atoms with van der Waals surface area (Å²) in [4.78, 5) is 23.2. The van der Waals surface area contributed by atoms with E-state index < -0.39 is 0 Å². The molecule has 0 radical (unpaired) electrons. The van der Waals surface area contributed by atoms with E-state index in [0.717, 1.165) is 32.1 Å². The number of hydrogen-bond donors (Lipinski definition) is 1. The Morgan fingerprint density at radius 3 is 2.00 bits per heavy atom. The molecule has 0 aliphatic carbocycles. The number of nitrogens with one attached hydrogen (secondary N) is 1. The topological polar surface area (TPSA) is 46.2 Å². The Kier molecular flexibility index (Phi) is 2.04. The number of rotatable bonds is 0. The molecule has 3 nitrogen and oxygen atoms in total. The minimum Gasteiger partial charge on any atom is -0.288 e. The number of hydrogen-bond acceptors (Lipinski definition) is 2. The van der Waals surface area contributed by atoms with Gasteiger partial charge in [-0.2, -0.15) is 0 Å². The highest BCUT2D eigenvalue weighted by atomic mass is 28.1. The number of fused-ring (bicyclic) bond motifs is 1. The summed E-state index contributed by atoms with van der Waals surface area (Å²) in [6.07, 6.45) is 0. The fourth-order valence-corrected chi connectivity index (χ4v) is 2.96. The average molecular weight is 219 g/mol. The maximum absolute atomic E-state index is 11.6. The first-order chi connectivity index (χ1) is 6.95. The van der Waals surface area contributed by atoms with Gasteiger partial charge in [-0.05, 0) is 37.5 Å². The highest BCUT2D eigenvalue weighted by molar-refractivity contribution is 6.41. The summed E-state index contributed by atoms with van der Waals surface area (Å²) < 4.78 is 0. The van der Waals surface area contributed by atoms with Gasteiger partial charge in [-0.15, -0.1) is 0 Å². The molecule has 0 unspecified atom stereocenters. The Hall–Kier alpha value is -1.42. The van der Waals surface area contributed by atoms with Crippen LogP contribution in [0.4, 0.5) is 0 Å². The Bertz CT molecular complexity index is 461. The van der Waals surface area contributed by atoms with Gasteiger partial charge in [0, 0.05) is 10.2 Å². The summed E-state index contributed by atoms with van der Waals surface area (Å²) in [5.41, 5.74) is 4.43. The van der Waals surface area contributed by atoms with Crippen molar-refractivity contribution in [3.05, 3.63) is 27.8 Å². The largest absolute Gasteiger partial charge is 0.288 e. The predicted molar refractivity (Wildman–Crippen MR) is 62.0 cm³/mol. The molecule has 0 saturated heterocycles. The van der Waals surface area contributed by atoms with Crippen molar-refractivity contribution in [3.63, 3.8) is 0 Å². The molecule has 1 aromatic carbocycles. The van der Waals surface area contributed by atoms with E-state index in [9.17, 15) is 9.59 Å². The average Bonchev–Trinajstić information content (AvgIpc) is 2.47. The molecule has 0 atom stereocenters. The van der Waals surface area contributed by atoms with Gasteiger partial charge in [-0.1, -0.05) is 5.19 Å². The van der Waals surface area contributed by atoms with Crippen LogP contribution in [0.15, 0.2) is 0 Å². The molecule has 78 valence electrons. The lowest BCUT2D eigenvalue weighted by Gasteiger charge is -2.12. The second-order valence-electron chi connectivity index (χ2n) is 4.03. The van der Waals surface area contributed by atoms with Gasteiger partial charge in [-0.3, -0.25) is 14.9 Å². The number of imide groups is 1. The molecule has 2 amide bonds.